The predicted octanol–water partition coefficient (Wildman–Crippen LogP) is 3.50. The predicted molar refractivity (Wildman–Crippen MR) is 54.4 cm³/mol. The van der Waals surface area contributed by atoms with E-state index in [0.29, 0.717) is 0 Å². The van der Waals surface area contributed by atoms with Gasteiger partial charge in [0.25, 0.3) is 0 Å². The monoisotopic (exact) mass is 161 g/mol. The molecule has 1 N–H and O–H groups in total. The summed E-state index contributed by atoms with van der Waals surface area (Å²) >= 11 is 0. The maximum absolute atomic E-state index is 3.16. The largest absolute Gasteiger partial charge is 0.361 e. The minimum atomic E-state index is 1.22. The van der Waals surface area contributed by atoms with E-state index in [1.165, 1.54) is 16.5 Å². The average Bonchev–Trinajstić information content (AvgIpc) is 2.54. The van der Waals surface area contributed by atoms with Crippen LogP contribution in [0.5, 0.6) is 0 Å². The van der Waals surface area contributed by atoms with Gasteiger partial charge in [0.05, 0.1) is 0 Å². The smallest absolute Gasteiger partial charge is 0.0456 e. The molecule has 0 bridgehead atoms. The molecule has 2 aromatic rings. The van der Waals surface area contributed by atoms with Crippen molar-refractivity contribution in [3.05, 3.63) is 36.0 Å². The van der Waals surface area contributed by atoms with Crippen molar-refractivity contribution in [1.82, 2.24) is 4.98 Å². The first-order valence-corrected chi connectivity index (χ1v) is 4.40. The summed E-state index contributed by atoms with van der Waals surface area (Å²) in [6.07, 6.45) is 1.96. The highest BCUT2D eigenvalue weighted by atomic mass is 14.7. The van der Waals surface area contributed by atoms with Crippen LogP contribution >= 0.6 is 0 Å². The summed E-state index contributed by atoms with van der Waals surface area (Å²) < 4.78 is 0. The number of aromatic nitrogens is 1. The lowest BCUT2D eigenvalue weighted by atomic mass is 10.2. The van der Waals surface area contributed by atoms with Gasteiger partial charge in [-0.15, -0.1) is 0 Å². The molecule has 64 valence electrons. The van der Waals surface area contributed by atoms with Crippen LogP contribution in [0.3, 0.4) is 0 Å². The molecule has 1 aromatic heterocycles. The second kappa shape index (κ2) is 3.96. The maximum Gasteiger partial charge on any atom is 0.0456 e. The van der Waals surface area contributed by atoms with Crippen molar-refractivity contribution < 1.29 is 0 Å². The minimum Gasteiger partial charge on any atom is -0.361 e. The van der Waals surface area contributed by atoms with Crippen LogP contribution in [0, 0.1) is 6.92 Å². The molecule has 0 radical (unpaired) electrons. The van der Waals surface area contributed by atoms with Crippen molar-refractivity contribution in [3.63, 3.8) is 0 Å². The van der Waals surface area contributed by atoms with E-state index in [9.17, 15) is 0 Å². The van der Waals surface area contributed by atoms with Crippen LogP contribution in [0.2, 0.25) is 0 Å². The van der Waals surface area contributed by atoms with Gasteiger partial charge >= 0.3 is 0 Å². The van der Waals surface area contributed by atoms with E-state index < -0.39 is 0 Å². The van der Waals surface area contributed by atoms with Crippen LogP contribution in [0.25, 0.3) is 10.9 Å². The zero-order valence-electron chi connectivity index (χ0n) is 7.89. The first kappa shape index (κ1) is 8.85. The summed E-state index contributed by atoms with van der Waals surface area (Å²) in [5.74, 6) is 0. The van der Waals surface area contributed by atoms with Gasteiger partial charge in [0.2, 0.25) is 0 Å². The van der Waals surface area contributed by atoms with Crippen LogP contribution in [-0.4, -0.2) is 4.98 Å². The summed E-state index contributed by atoms with van der Waals surface area (Å²) in [5.41, 5.74) is 2.52. The summed E-state index contributed by atoms with van der Waals surface area (Å²) in [7, 11) is 0. The molecule has 0 saturated heterocycles. The van der Waals surface area contributed by atoms with Gasteiger partial charge in [0.1, 0.15) is 0 Å². The Morgan fingerprint density at radius 3 is 2.58 bits per heavy atom. The standard InChI is InChI=1S/C9H9N.C2H6/c1-7-2-3-8-4-5-10-9(8)6-7;1-2/h2-6,10H,1H3;1-2H3. The number of benzene rings is 1. The number of H-pyrrole nitrogens is 1. The fourth-order valence-electron chi connectivity index (χ4n) is 1.16. The van der Waals surface area contributed by atoms with Crippen molar-refractivity contribution in [3.8, 4) is 0 Å². The molecule has 1 nitrogen and oxygen atoms in total. The molecule has 0 amide bonds. The maximum atomic E-state index is 3.16. The highest BCUT2D eigenvalue weighted by molar-refractivity contribution is 5.79. The Balaban J connectivity index is 0.000000336. The number of aromatic amines is 1. The molecule has 0 aliphatic heterocycles. The third-order valence-corrected chi connectivity index (χ3v) is 1.71. The molecule has 0 aliphatic carbocycles. The van der Waals surface area contributed by atoms with Gasteiger partial charge in [-0.1, -0.05) is 26.0 Å². The van der Waals surface area contributed by atoms with Gasteiger partial charge in [-0.2, -0.15) is 0 Å². The Labute approximate surface area is 73.4 Å². The molecule has 2 rings (SSSR count). The summed E-state index contributed by atoms with van der Waals surface area (Å²) in [6.45, 7) is 6.10. The lowest BCUT2D eigenvalue weighted by molar-refractivity contribution is 1.44. The number of rotatable bonds is 0. The van der Waals surface area contributed by atoms with E-state index in [1.807, 2.05) is 20.0 Å². The number of nitrogens with one attached hydrogen (secondary N) is 1. The Hall–Kier alpha value is -1.24. The first-order chi connectivity index (χ1) is 5.86. The highest BCUT2D eigenvalue weighted by Gasteiger charge is 1.90. The van der Waals surface area contributed by atoms with Crippen LogP contribution in [0.4, 0.5) is 0 Å². The Bertz CT molecular complexity index is 347. The number of fused-ring (bicyclic) bond motifs is 1. The number of hydrogen-bond donors (Lipinski definition) is 1. The van der Waals surface area contributed by atoms with Crippen molar-refractivity contribution >= 4 is 10.9 Å². The summed E-state index contributed by atoms with van der Waals surface area (Å²) in [4.78, 5) is 3.16. The fraction of sp³-hybridized carbons (Fsp3) is 0.273. The summed E-state index contributed by atoms with van der Waals surface area (Å²) in [6, 6.07) is 8.47. The van der Waals surface area contributed by atoms with Gasteiger partial charge in [-0.05, 0) is 30.0 Å². The third-order valence-electron chi connectivity index (χ3n) is 1.71. The molecule has 0 spiro atoms. The molecular weight excluding hydrogens is 146 g/mol. The van der Waals surface area contributed by atoms with Crippen molar-refractivity contribution in [2.24, 2.45) is 0 Å². The number of aryl methyl sites for hydroxylation is 1. The quantitative estimate of drug-likeness (QED) is 0.608. The highest BCUT2D eigenvalue weighted by Crippen LogP contribution is 2.12. The minimum absolute atomic E-state index is 1.22. The van der Waals surface area contributed by atoms with Gasteiger partial charge in [0.15, 0.2) is 0 Å². The molecular formula is C11H15N. The van der Waals surface area contributed by atoms with E-state index >= 15 is 0 Å². The molecule has 0 atom stereocenters. The Kier molecular flexibility index (Phi) is 2.92. The van der Waals surface area contributed by atoms with Crippen molar-refractivity contribution in [2.45, 2.75) is 20.8 Å². The molecule has 12 heavy (non-hydrogen) atoms. The van der Waals surface area contributed by atoms with Gasteiger partial charge in [-0.25, -0.2) is 0 Å². The molecule has 0 aliphatic rings. The zero-order chi connectivity index (χ0) is 8.97. The van der Waals surface area contributed by atoms with E-state index in [-0.39, 0.29) is 0 Å². The molecule has 0 fully saturated rings. The molecule has 1 heterocycles. The van der Waals surface area contributed by atoms with E-state index in [4.69, 9.17) is 0 Å². The van der Waals surface area contributed by atoms with E-state index in [1.54, 1.807) is 0 Å². The summed E-state index contributed by atoms with van der Waals surface area (Å²) in [5, 5.41) is 1.28. The van der Waals surface area contributed by atoms with Gasteiger partial charge < -0.3 is 4.98 Å². The Morgan fingerprint density at radius 1 is 1.08 bits per heavy atom. The average molecular weight is 161 g/mol. The SMILES string of the molecule is CC.Cc1ccc2cc[nH]c2c1. The van der Waals surface area contributed by atoms with Gasteiger partial charge in [0, 0.05) is 11.7 Å². The normalized spacial score (nSPS) is 9.25. The van der Waals surface area contributed by atoms with Crippen molar-refractivity contribution in [2.75, 3.05) is 0 Å². The lowest BCUT2D eigenvalue weighted by Crippen LogP contribution is -1.70. The van der Waals surface area contributed by atoms with Crippen LogP contribution in [0.15, 0.2) is 30.5 Å². The molecule has 0 unspecified atom stereocenters. The lowest BCUT2D eigenvalue weighted by Gasteiger charge is -1.90. The van der Waals surface area contributed by atoms with Crippen LogP contribution in [0.1, 0.15) is 19.4 Å². The molecule has 1 aromatic carbocycles. The van der Waals surface area contributed by atoms with Gasteiger partial charge in [-0.3, -0.25) is 0 Å². The third kappa shape index (κ3) is 1.67. The fourth-order valence-corrected chi connectivity index (χ4v) is 1.16. The second-order valence-corrected chi connectivity index (χ2v) is 2.57. The van der Waals surface area contributed by atoms with Crippen LogP contribution in [-0.2, 0) is 0 Å². The zero-order valence-corrected chi connectivity index (χ0v) is 7.89. The van der Waals surface area contributed by atoms with Crippen LogP contribution < -0.4 is 0 Å². The molecule has 0 saturated carbocycles. The number of hydrogen-bond acceptors (Lipinski definition) is 0. The van der Waals surface area contributed by atoms with E-state index in [2.05, 4.69) is 36.2 Å². The topological polar surface area (TPSA) is 15.8 Å². The Morgan fingerprint density at radius 2 is 1.83 bits per heavy atom. The van der Waals surface area contributed by atoms with E-state index in [0.717, 1.165) is 0 Å². The second-order valence-electron chi connectivity index (χ2n) is 2.57. The first-order valence-electron chi connectivity index (χ1n) is 4.40. The molecule has 1 heteroatoms. The van der Waals surface area contributed by atoms with Crippen molar-refractivity contribution in [1.29, 1.82) is 0 Å².